The van der Waals surface area contributed by atoms with Crippen molar-refractivity contribution in [2.75, 3.05) is 30.6 Å². The Morgan fingerprint density at radius 2 is 1.83 bits per heavy atom. The Hall–Kier alpha value is -1.75. The minimum Gasteiger partial charge on any atom is -0.363 e. The third kappa shape index (κ3) is 3.13. The maximum absolute atomic E-state index is 4.21. The largest absolute Gasteiger partial charge is 0.363 e. The van der Waals surface area contributed by atoms with Crippen LogP contribution in [0.15, 0.2) is 41.6 Å². The lowest BCUT2D eigenvalue weighted by molar-refractivity contribution is 1.04. The molecule has 5 heteroatoms. The van der Waals surface area contributed by atoms with E-state index in [9.17, 15) is 0 Å². The molecular formula is C13H16N4S. The van der Waals surface area contributed by atoms with Crippen LogP contribution in [0.4, 0.5) is 17.3 Å². The summed E-state index contributed by atoms with van der Waals surface area (Å²) in [5.74, 6) is 1.68. The normalized spacial score (nSPS) is 10.2. The number of nitrogens with one attached hydrogen (secondary N) is 1. The summed E-state index contributed by atoms with van der Waals surface area (Å²) in [6, 6.07) is 10.2. The quantitative estimate of drug-likeness (QED) is 0.856. The summed E-state index contributed by atoms with van der Waals surface area (Å²) >= 11 is 1.73. The summed E-state index contributed by atoms with van der Waals surface area (Å²) in [7, 11) is 3.92. The van der Waals surface area contributed by atoms with E-state index in [0.717, 1.165) is 17.3 Å². The van der Waals surface area contributed by atoms with Gasteiger partial charge < -0.3 is 10.2 Å². The zero-order valence-corrected chi connectivity index (χ0v) is 11.5. The molecule has 0 aliphatic carbocycles. The summed E-state index contributed by atoms with van der Waals surface area (Å²) in [6.45, 7) is 0. The molecule has 1 aromatic carbocycles. The van der Waals surface area contributed by atoms with Gasteiger partial charge >= 0.3 is 0 Å². The van der Waals surface area contributed by atoms with Crippen molar-refractivity contribution in [3.8, 4) is 0 Å². The number of benzene rings is 1. The highest BCUT2D eigenvalue weighted by molar-refractivity contribution is 7.98. The molecule has 2 rings (SSSR count). The Kier molecular flexibility index (Phi) is 4.04. The first-order valence-electron chi connectivity index (χ1n) is 5.59. The molecule has 4 nitrogen and oxygen atoms in total. The second-order valence-corrected chi connectivity index (χ2v) is 4.89. The molecule has 18 heavy (non-hydrogen) atoms. The lowest BCUT2D eigenvalue weighted by atomic mass is 10.3. The maximum atomic E-state index is 4.21. The van der Waals surface area contributed by atoms with Crippen LogP contribution in [-0.4, -0.2) is 30.3 Å². The smallest absolute Gasteiger partial charge is 0.135 e. The Balaban J connectivity index is 2.15. The number of aromatic nitrogens is 2. The molecule has 94 valence electrons. The van der Waals surface area contributed by atoms with Crippen LogP contribution >= 0.6 is 11.8 Å². The summed E-state index contributed by atoms with van der Waals surface area (Å²) in [6.07, 6.45) is 3.63. The third-order valence-electron chi connectivity index (χ3n) is 2.47. The van der Waals surface area contributed by atoms with E-state index in [2.05, 4.69) is 33.7 Å². The SMILES string of the molecule is CSc1ccc(Nc2cc(N(C)C)ncn2)cc1. The topological polar surface area (TPSA) is 41.0 Å². The number of hydrogen-bond acceptors (Lipinski definition) is 5. The second-order valence-electron chi connectivity index (χ2n) is 4.01. The molecule has 0 radical (unpaired) electrons. The molecule has 1 heterocycles. The molecular weight excluding hydrogens is 244 g/mol. The molecule has 1 aromatic heterocycles. The molecule has 0 saturated heterocycles. The number of rotatable bonds is 4. The fourth-order valence-corrected chi connectivity index (χ4v) is 1.89. The Labute approximate surface area is 111 Å². The molecule has 0 spiro atoms. The highest BCUT2D eigenvalue weighted by Gasteiger charge is 2.01. The molecule has 0 saturated carbocycles. The van der Waals surface area contributed by atoms with Crippen LogP contribution in [-0.2, 0) is 0 Å². The van der Waals surface area contributed by atoms with Gasteiger partial charge in [-0.1, -0.05) is 0 Å². The number of nitrogens with zero attached hydrogens (tertiary/aromatic N) is 3. The number of hydrogen-bond donors (Lipinski definition) is 1. The van der Waals surface area contributed by atoms with E-state index in [1.54, 1.807) is 18.1 Å². The van der Waals surface area contributed by atoms with Crippen LogP contribution in [0.5, 0.6) is 0 Å². The van der Waals surface area contributed by atoms with Crippen molar-refractivity contribution < 1.29 is 0 Å². The molecule has 0 bridgehead atoms. The van der Waals surface area contributed by atoms with Gasteiger partial charge in [-0.25, -0.2) is 9.97 Å². The van der Waals surface area contributed by atoms with Crippen LogP contribution in [0.3, 0.4) is 0 Å². The van der Waals surface area contributed by atoms with Gasteiger partial charge in [-0.3, -0.25) is 0 Å². The minimum atomic E-state index is 0.797. The monoisotopic (exact) mass is 260 g/mol. The van der Waals surface area contributed by atoms with E-state index in [0.29, 0.717) is 0 Å². The average Bonchev–Trinajstić information content (AvgIpc) is 2.40. The summed E-state index contributed by atoms with van der Waals surface area (Å²) in [4.78, 5) is 11.6. The van der Waals surface area contributed by atoms with Crippen LogP contribution < -0.4 is 10.2 Å². The van der Waals surface area contributed by atoms with Crippen molar-refractivity contribution in [1.82, 2.24) is 9.97 Å². The average molecular weight is 260 g/mol. The fourth-order valence-electron chi connectivity index (χ4n) is 1.48. The molecule has 1 N–H and O–H groups in total. The fraction of sp³-hybridized carbons (Fsp3) is 0.231. The van der Waals surface area contributed by atoms with Crippen molar-refractivity contribution in [3.05, 3.63) is 36.7 Å². The molecule has 0 amide bonds. The van der Waals surface area contributed by atoms with Crippen LogP contribution in [0.1, 0.15) is 0 Å². The van der Waals surface area contributed by atoms with Gasteiger partial charge in [0.25, 0.3) is 0 Å². The predicted octanol–water partition coefficient (Wildman–Crippen LogP) is 3.01. The van der Waals surface area contributed by atoms with E-state index in [1.807, 2.05) is 37.2 Å². The van der Waals surface area contributed by atoms with Crippen molar-refractivity contribution in [2.24, 2.45) is 0 Å². The zero-order valence-electron chi connectivity index (χ0n) is 10.7. The van der Waals surface area contributed by atoms with Crippen LogP contribution in [0.2, 0.25) is 0 Å². The molecule has 0 atom stereocenters. The van der Waals surface area contributed by atoms with Gasteiger partial charge in [-0.2, -0.15) is 0 Å². The standard InChI is InChI=1S/C13H16N4S/c1-17(2)13-8-12(14-9-15-13)16-10-4-6-11(18-3)7-5-10/h4-9H,1-3H3,(H,14,15,16). The van der Waals surface area contributed by atoms with Gasteiger partial charge in [0.2, 0.25) is 0 Å². The summed E-state index contributed by atoms with van der Waals surface area (Å²) in [5.41, 5.74) is 1.02. The van der Waals surface area contributed by atoms with Crippen LogP contribution in [0, 0.1) is 0 Å². The van der Waals surface area contributed by atoms with E-state index in [4.69, 9.17) is 0 Å². The molecule has 0 aliphatic heterocycles. The van der Waals surface area contributed by atoms with Crippen molar-refractivity contribution in [3.63, 3.8) is 0 Å². The first-order chi connectivity index (χ1) is 8.69. The van der Waals surface area contributed by atoms with E-state index < -0.39 is 0 Å². The first kappa shape index (κ1) is 12.7. The van der Waals surface area contributed by atoms with E-state index >= 15 is 0 Å². The molecule has 0 fully saturated rings. The van der Waals surface area contributed by atoms with Gasteiger partial charge in [0, 0.05) is 30.7 Å². The Bertz CT molecular complexity index is 511. The van der Waals surface area contributed by atoms with Crippen molar-refractivity contribution >= 4 is 29.1 Å². The van der Waals surface area contributed by atoms with Crippen molar-refractivity contribution in [2.45, 2.75) is 4.90 Å². The zero-order chi connectivity index (χ0) is 13.0. The summed E-state index contributed by atoms with van der Waals surface area (Å²) < 4.78 is 0. The van der Waals surface area contributed by atoms with Gasteiger partial charge in [0.1, 0.15) is 18.0 Å². The highest BCUT2D eigenvalue weighted by Crippen LogP contribution is 2.21. The number of anilines is 3. The molecule has 0 unspecified atom stereocenters. The lowest BCUT2D eigenvalue weighted by Gasteiger charge is -2.12. The second kappa shape index (κ2) is 5.73. The predicted molar refractivity (Wildman–Crippen MR) is 77.9 cm³/mol. The van der Waals surface area contributed by atoms with E-state index in [-0.39, 0.29) is 0 Å². The third-order valence-corrected chi connectivity index (χ3v) is 3.22. The van der Waals surface area contributed by atoms with Crippen LogP contribution in [0.25, 0.3) is 0 Å². The van der Waals surface area contributed by atoms with Gasteiger partial charge in [-0.05, 0) is 30.5 Å². The van der Waals surface area contributed by atoms with Crippen molar-refractivity contribution in [1.29, 1.82) is 0 Å². The van der Waals surface area contributed by atoms with Gasteiger partial charge in [0.05, 0.1) is 0 Å². The van der Waals surface area contributed by atoms with E-state index in [1.165, 1.54) is 4.90 Å². The minimum absolute atomic E-state index is 0.797. The summed E-state index contributed by atoms with van der Waals surface area (Å²) in [5, 5.41) is 3.26. The van der Waals surface area contributed by atoms with Gasteiger partial charge in [0.15, 0.2) is 0 Å². The highest BCUT2D eigenvalue weighted by atomic mass is 32.2. The lowest BCUT2D eigenvalue weighted by Crippen LogP contribution is -2.11. The molecule has 0 aliphatic rings. The maximum Gasteiger partial charge on any atom is 0.135 e. The number of thioether (sulfide) groups is 1. The molecule has 2 aromatic rings. The Morgan fingerprint density at radius 1 is 1.11 bits per heavy atom. The Morgan fingerprint density at radius 3 is 2.44 bits per heavy atom. The van der Waals surface area contributed by atoms with Gasteiger partial charge in [-0.15, -0.1) is 11.8 Å². The first-order valence-corrected chi connectivity index (χ1v) is 6.82.